The molecule has 0 aliphatic heterocycles. The molecule has 3 nitrogen and oxygen atoms in total. The largest absolute Gasteiger partial charge is 0.481 e. The molecule has 0 aromatic heterocycles. The predicted octanol–water partition coefficient (Wildman–Crippen LogP) is 6.48. The molecule has 0 aliphatic rings. The van der Waals surface area contributed by atoms with Crippen LogP contribution in [-0.2, 0) is 9.53 Å². The lowest BCUT2D eigenvalue weighted by Crippen LogP contribution is -1.92. The highest BCUT2D eigenvalue weighted by atomic mass is 16.4. The molecule has 0 bridgehead atoms. The van der Waals surface area contributed by atoms with Crippen molar-refractivity contribution in [2.24, 2.45) is 0 Å². The van der Waals surface area contributed by atoms with Gasteiger partial charge in [0.25, 0.3) is 0 Å². The number of rotatable bonds is 14. The van der Waals surface area contributed by atoms with Gasteiger partial charge in [-0.2, -0.15) is 0 Å². The van der Waals surface area contributed by atoms with E-state index in [2.05, 4.69) is 60.3 Å². The average Bonchev–Trinajstić information content (AvgIpc) is 2.58. The molecule has 0 aliphatic carbocycles. The third-order valence-corrected chi connectivity index (χ3v) is 3.22. The molecule has 0 spiro atoms. The lowest BCUT2D eigenvalue weighted by Gasteiger charge is -1.90. The van der Waals surface area contributed by atoms with Crippen molar-refractivity contribution in [3.05, 3.63) is 48.6 Å². The summed E-state index contributed by atoms with van der Waals surface area (Å²) in [6.07, 6.45) is 27.3. The van der Waals surface area contributed by atoms with Crippen molar-refractivity contribution in [2.45, 2.75) is 71.1 Å². The summed E-state index contributed by atoms with van der Waals surface area (Å²) in [4.78, 5) is 10.3. The standard InChI is InChI=1S/C20H32O2.C2H6O/c1-2-3-4-5-6-7-8-9-10-11-12-13-14-15-16-17-18-19-20(21)22;1-3-2/h6-7,9-10,12-13,15-16H,2-5,8,11,14,17-19H2,1H3,(H,21,22);1-2H3/b7-6-,10-9-,13-12-,16-15-;. The van der Waals surface area contributed by atoms with Crippen LogP contribution in [0.5, 0.6) is 0 Å². The van der Waals surface area contributed by atoms with Gasteiger partial charge in [-0.1, -0.05) is 68.4 Å². The van der Waals surface area contributed by atoms with Gasteiger partial charge in [0.15, 0.2) is 0 Å². The van der Waals surface area contributed by atoms with Crippen LogP contribution in [0.15, 0.2) is 48.6 Å². The highest BCUT2D eigenvalue weighted by Gasteiger charge is 1.92. The van der Waals surface area contributed by atoms with Crippen LogP contribution in [0.1, 0.15) is 71.1 Å². The molecule has 0 unspecified atom stereocenters. The number of methoxy groups -OCH3 is 1. The van der Waals surface area contributed by atoms with Gasteiger partial charge in [-0.15, -0.1) is 0 Å². The monoisotopic (exact) mass is 350 g/mol. The van der Waals surface area contributed by atoms with Crippen LogP contribution >= 0.6 is 0 Å². The summed E-state index contributed by atoms with van der Waals surface area (Å²) >= 11 is 0. The molecule has 0 atom stereocenters. The zero-order valence-electron chi connectivity index (χ0n) is 16.5. The zero-order chi connectivity index (χ0) is 19.0. The molecule has 0 radical (unpaired) electrons. The lowest BCUT2D eigenvalue weighted by atomic mass is 10.2. The van der Waals surface area contributed by atoms with Gasteiger partial charge in [0.1, 0.15) is 0 Å². The van der Waals surface area contributed by atoms with E-state index in [0.717, 1.165) is 32.1 Å². The fourth-order valence-corrected chi connectivity index (χ4v) is 1.93. The number of carboxylic acid groups (broad SMARTS) is 1. The van der Waals surface area contributed by atoms with Crippen LogP contribution in [0.4, 0.5) is 0 Å². The molecular formula is C22H38O3. The predicted molar refractivity (Wildman–Crippen MR) is 109 cm³/mol. The van der Waals surface area contributed by atoms with Crippen LogP contribution in [0.25, 0.3) is 0 Å². The number of carbonyl (C=O) groups is 1. The van der Waals surface area contributed by atoms with E-state index in [1.54, 1.807) is 14.2 Å². The summed E-state index contributed by atoms with van der Waals surface area (Å²) in [5.41, 5.74) is 0. The van der Waals surface area contributed by atoms with E-state index in [4.69, 9.17) is 5.11 Å². The summed E-state index contributed by atoms with van der Waals surface area (Å²) in [6.45, 7) is 2.23. The fourth-order valence-electron chi connectivity index (χ4n) is 1.93. The number of aliphatic carboxylic acids is 1. The van der Waals surface area contributed by atoms with Gasteiger partial charge >= 0.3 is 5.97 Å². The zero-order valence-corrected chi connectivity index (χ0v) is 16.5. The maximum absolute atomic E-state index is 10.3. The normalized spacial score (nSPS) is 11.6. The summed E-state index contributed by atoms with van der Waals surface area (Å²) < 4.78 is 4.25. The van der Waals surface area contributed by atoms with Crippen molar-refractivity contribution in [1.82, 2.24) is 0 Å². The Bertz CT molecular complexity index is 379. The van der Waals surface area contributed by atoms with Crippen molar-refractivity contribution in [3.8, 4) is 0 Å². The first-order valence-electron chi connectivity index (χ1n) is 9.40. The van der Waals surface area contributed by atoms with Gasteiger partial charge in [-0.05, 0) is 44.9 Å². The molecule has 1 N–H and O–H groups in total. The molecule has 0 aromatic rings. The van der Waals surface area contributed by atoms with Crippen LogP contribution in [0.2, 0.25) is 0 Å². The van der Waals surface area contributed by atoms with E-state index in [-0.39, 0.29) is 6.42 Å². The number of allylic oxidation sites excluding steroid dienone is 8. The minimum absolute atomic E-state index is 0.262. The number of carboxylic acids is 1. The molecule has 25 heavy (non-hydrogen) atoms. The van der Waals surface area contributed by atoms with Crippen molar-refractivity contribution in [3.63, 3.8) is 0 Å². The molecule has 144 valence electrons. The van der Waals surface area contributed by atoms with Gasteiger partial charge in [0.2, 0.25) is 0 Å². The fraction of sp³-hybridized carbons (Fsp3) is 0.591. The van der Waals surface area contributed by atoms with Gasteiger partial charge in [0.05, 0.1) is 0 Å². The van der Waals surface area contributed by atoms with Crippen molar-refractivity contribution in [1.29, 1.82) is 0 Å². The number of hydrogen-bond donors (Lipinski definition) is 1. The third-order valence-electron chi connectivity index (χ3n) is 3.22. The highest BCUT2D eigenvalue weighted by molar-refractivity contribution is 5.66. The molecule has 0 heterocycles. The topological polar surface area (TPSA) is 46.5 Å². The smallest absolute Gasteiger partial charge is 0.303 e. The van der Waals surface area contributed by atoms with Crippen molar-refractivity contribution in [2.75, 3.05) is 14.2 Å². The van der Waals surface area contributed by atoms with Crippen LogP contribution in [0, 0.1) is 0 Å². The van der Waals surface area contributed by atoms with Crippen LogP contribution < -0.4 is 0 Å². The summed E-state index contributed by atoms with van der Waals surface area (Å²) in [5.74, 6) is -0.712. The summed E-state index contributed by atoms with van der Waals surface area (Å²) in [5, 5.41) is 8.49. The Balaban J connectivity index is 0. The van der Waals surface area contributed by atoms with Gasteiger partial charge < -0.3 is 9.84 Å². The molecule has 0 saturated heterocycles. The second-order valence-electron chi connectivity index (χ2n) is 5.78. The SMILES string of the molecule is CCCCC/C=C\C/C=C\C/C=C\C/C=C\CCCC(=O)O.COC. The molecule has 0 rings (SSSR count). The first kappa shape index (κ1) is 25.6. The second kappa shape index (κ2) is 24.6. The van der Waals surface area contributed by atoms with E-state index in [0.29, 0.717) is 0 Å². The maximum atomic E-state index is 10.3. The minimum Gasteiger partial charge on any atom is -0.481 e. The van der Waals surface area contributed by atoms with Gasteiger partial charge in [-0.25, -0.2) is 0 Å². The van der Waals surface area contributed by atoms with Crippen LogP contribution in [0.3, 0.4) is 0 Å². The quantitative estimate of drug-likeness (QED) is 0.288. The highest BCUT2D eigenvalue weighted by Crippen LogP contribution is 2.01. The van der Waals surface area contributed by atoms with Crippen molar-refractivity contribution < 1.29 is 14.6 Å². The molecular weight excluding hydrogens is 312 g/mol. The Morgan fingerprint density at radius 2 is 1.16 bits per heavy atom. The second-order valence-corrected chi connectivity index (χ2v) is 5.78. The van der Waals surface area contributed by atoms with Gasteiger partial charge in [0, 0.05) is 20.6 Å². The van der Waals surface area contributed by atoms with E-state index >= 15 is 0 Å². The van der Waals surface area contributed by atoms with Gasteiger partial charge in [-0.3, -0.25) is 4.79 Å². The third kappa shape index (κ3) is 30.8. The molecule has 0 saturated carbocycles. The van der Waals surface area contributed by atoms with E-state index < -0.39 is 5.97 Å². The number of hydrogen-bond acceptors (Lipinski definition) is 2. The minimum atomic E-state index is -0.712. The Hall–Kier alpha value is -1.61. The van der Waals surface area contributed by atoms with Crippen LogP contribution in [-0.4, -0.2) is 25.3 Å². The number of ether oxygens (including phenoxy) is 1. The van der Waals surface area contributed by atoms with E-state index in [9.17, 15) is 4.79 Å². The number of unbranched alkanes of at least 4 members (excludes halogenated alkanes) is 4. The summed E-state index contributed by atoms with van der Waals surface area (Å²) in [7, 11) is 3.25. The Morgan fingerprint density at radius 3 is 1.56 bits per heavy atom. The molecule has 0 amide bonds. The Morgan fingerprint density at radius 1 is 0.760 bits per heavy atom. The summed E-state index contributed by atoms with van der Waals surface area (Å²) in [6, 6.07) is 0. The molecule has 0 aromatic carbocycles. The molecule has 0 fully saturated rings. The van der Waals surface area contributed by atoms with Crippen molar-refractivity contribution >= 4 is 5.97 Å². The maximum Gasteiger partial charge on any atom is 0.303 e. The van der Waals surface area contributed by atoms with E-state index in [1.807, 2.05) is 0 Å². The van der Waals surface area contributed by atoms with E-state index in [1.165, 1.54) is 25.7 Å². The Kier molecular flexibility index (Phi) is 25.3. The lowest BCUT2D eigenvalue weighted by molar-refractivity contribution is -0.137. The average molecular weight is 351 g/mol. The first-order chi connectivity index (χ1) is 12.2. The first-order valence-corrected chi connectivity index (χ1v) is 9.40. The Labute approximate surface area is 155 Å². The molecule has 3 heteroatoms.